The van der Waals surface area contributed by atoms with Gasteiger partial charge in [0.2, 0.25) is 5.91 Å². The van der Waals surface area contributed by atoms with Gasteiger partial charge in [0.25, 0.3) is 5.91 Å². The van der Waals surface area contributed by atoms with Crippen molar-refractivity contribution >= 4 is 17.5 Å². The maximum absolute atomic E-state index is 13.8. The number of nitrogens with one attached hydrogen (secondary N) is 2. The van der Waals surface area contributed by atoms with Crippen LogP contribution in [0, 0.1) is 11.6 Å². The molecule has 0 aliphatic rings. The Kier molecular flexibility index (Phi) is 6.41. The fourth-order valence-corrected chi connectivity index (χ4v) is 2.89. The summed E-state index contributed by atoms with van der Waals surface area (Å²) in [6.07, 6.45) is 1.37. The second-order valence-electron chi connectivity index (χ2n) is 6.35. The molecule has 2 amide bonds. The third kappa shape index (κ3) is 4.45. The Bertz CT molecular complexity index is 1030. The smallest absolute Gasteiger partial charge is 0.258 e. The van der Waals surface area contributed by atoms with Crippen LogP contribution in [0.25, 0.3) is 11.3 Å². The molecule has 0 radical (unpaired) electrons. The van der Waals surface area contributed by atoms with Crippen LogP contribution in [0.15, 0.2) is 48.7 Å². The third-order valence-electron chi connectivity index (χ3n) is 4.48. The standard InChI is InChI=1S/C21H20F2N4O3/c1-3-27(12-18(28)25-20-16(22)5-4-6-17(20)23)21(29)15-11-24-26-19(15)13-7-9-14(30-2)10-8-13/h4-11H,3,12H2,1-2H3,(H,24,26)(H,25,28). The van der Waals surface area contributed by atoms with E-state index >= 15 is 0 Å². The molecule has 2 N–H and O–H groups in total. The molecule has 2 aromatic carbocycles. The van der Waals surface area contributed by atoms with E-state index in [1.807, 2.05) is 0 Å². The Morgan fingerprint density at radius 3 is 2.40 bits per heavy atom. The number of aromatic nitrogens is 2. The highest BCUT2D eigenvalue weighted by atomic mass is 19.1. The molecule has 3 aromatic rings. The molecule has 0 saturated heterocycles. The van der Waals surface area contributed by atoms with Gasteiger partial charge in [-0.25, -0.2) is 8.78 Å². The molecule has 30 heavy (non-hydrogen) atoms. The average Bonchev–Trinajstić information content (AvgIpc) is 3.24. The highest BCUT2D eigenvalue weighted by Gasteiger charge is 2.23. The molecule has 3 rings (SSSR count). The number of hydrogen-bond donors (Lipinski definition) is 2. The van der Waals surface area contributed by atoms with Gasteiger partial charge in [-0.15, -0.1) is 0 Å². The van der Waals surface area contributed by atoms with Crippen LogP contribution in [-0.4, -0.2) is 47.1 Å². The Labute approximate surface area is 171 Å². The van der Waals surface area contributed by atoms with Crippen LogP contribution < -0.4 is 10.1 Å². The Morgan fingerprint density at radius 1 is 1.13 bits per heavy atom. The second-order valence-corrected chi connectivity index (χ2v) is 6.35. The predicted octanol–water partition coefficient (Wildman–Crippen LogP) is 3.46. The van der Waals surface area contributed by atoms with Crippen LogP contribution in [0.5, 0.6) is 5.75 Å². The lowest BCUT2D eigenvalue weighted by atomic mass is 10.1. The van der Waals surface area contributed by atoms with E-state index in [0.29, 0.717) is 17.0 Å². The molecule has 9 heteroatoms. The van der Waals surface area contributed by atoms with Gasteiger partial charge in [0.15, 0.2) is 0 Å². The summed E-state index contributed by atoms with van der Waals surface area (Å²) in [6.45, 7) is 1.53. The molecule has 1 heterocycles. The zero-order valence-corrected chi connectivity index (χ0v) is 16.4. The van der Waals surface area contributed by atoms with E-state index in [1.54, 1.807) is 38.3 Å². The number of nitrogens with zero attached hydrogens (tertiary/aromatic N) is 2. The lowest BCUT2D eigenvalue weighted by Crippen LogP contribution is -2.38. The summed E-state index contributed by atoms with van der Waals surface area (Å²) in [5.74, 6) is -2.29. The minimum Gasteiger partial charge on any atom is -0.497 e. The summed E-state index contributed by atoms with van der Waals surface area (Å²) in [5.41, 5.74) is 0.923. The van der Waals surface area contributed by atoms with Gasteiger partial charge in [0, 0.05) is 12.1 Å². The van der Waals surface area contributed by atoms with E-state index in [0.717, 1.165) is 12.1 Å². The van der Waals surface area contributed by atoms with Gasteiger partial charge >= 0.3 is 0 Å². The lowest BCUT2D eigenvalue weighted by Gasteiger charge is -2.20. The first-order valence-electron chi connectivity index (χ1n) is 9.15. The van der Waals surface area contributed by atoms with E-state index in [9.17, 15) is 18.4 Å². The zero-order chi connectivity index (χ0) is 21.7. The highest BCUT2D eigenvalue weighted by molar-refractivity contribution is 6.02. The van der Waals surface area contributed by atoms with E-state index in [2.05, 4.69) is 15.5 Å². The van der Waals surface area contributed by atoms with Crippen LogP contribution in [0.3, 0.4) is 0 Å². The number of ether oxygens (including phenoxy) is 1. The highest BCUT2D eigenvalue weighted by Crippen LogP contribution is 2.25. The number of hydrogen-bond acceptors (Lipinski definition) is 4. The van der Waals surface area contributed by atoms with Gasteiger partial charge in [-0.3, -0.25) is 14.7 Å². The van der Waals surface area contributed by atoms with Gasteiger partial charge in [-0.05, 0) is 43.3 Å². The molecular weight excluding hydrogens is 394 g/mol. The number of benzene rings is 2. The normalized spacial score (nSPS) is 10.5. The van der Waals surface area contributed by atoms with E-state index < -0.39 is 29.1 Å². The van der Waals surface area contributed by atoms with Crippen molar-refractivity contribution in [3.8, 4) is 17.0 Å². The van der Waals surface area contributed by atoms with Gasteiger partial charge in [0.05, 0.1) is 24.6 Å². The topological polar surface area (TPSA) is 87.3 Å². The number of carbonyl (C=O) groups excluding carboxylic acids is 2. The van der Waals surface area contributed by atoms with Crippen LogP contribution in [0.4, 0.5) is 14.5 Å². The molecule has 0 aliphatic carbocycles. The van der Waals surface area contributed by atoms with Crippen molar-refractivity contribution in [2.75, 3.05) is 25.5 Å². The molecule has 0 saturated carbocycles. The van der Waals surface area contributed by atoms with Crippen molar-refractivity contribution in [2.45, 2.75) is 6.92 Å². The Hall–Kier alpha value is -3.75. The number of para-hydroxylation sites is 1. The summed E-state index contributed by atoms with van der Waals surface area (Å²) in [7, 11) is 1.55. The number of likely N-dealkylation sites (N-methyl/N-ethyl adjacent to an activating group) is 1. The molecule has 156 valence electrons. The fraction of sp³-hybridized carbons (Fsp3) is 0.190. The first kappa shape index (κ1) is 21.0. The molecule has 0 fully saturated rings. The van der Waals surface area contributed by atoms with Crippen LogP contribution in [0.1, 0.15) is 17.3 Å². The summed E-state index contributed by atoms with van der Waals surface area (Å²) in [5, 5.41) is 8.92. The van der Waals surface area contributed by atoms with Crippen molar-refractivity contribution in [3.05, 3.63) is 65.9 Å². The van der Waals surface area contributed by atoms with Crippen LogP contribution >= 0.6 is 0 Å². The fourth-order valence-electron chi connectivity index (χ4n) is 2.89. The van der Waals surface area contributed by atoms with Crippen LogP contribution in [0.2, 0.25) is 0 Å². The van der Waals surface area contributed by atoms with Gasteiger partial charge in [0.1, 0.15) is 29.6 Å². The molecule has 0 atom stereocenters. The summed E-state index contributed by atoms with van der Waals surface area (Å²) >= 11 is 0. The molecule has 0 bridgehead atoms. The predicted molar refractivity (Wildman–Crippen MR) is 107 cm³/mol. The third-order valence-corrected chi connectivity index (χ3v) is 4.48. The number of amides is 2. The molecule has 7 nitrogen and oxygen atoms in total. The Balaban J connectivity index is 1.77. The largest absolute Gasteiger partial charge is 0.497 e. The second kappa shape index (κ2) is 9.17. The van der Waals surface area contributed by atoms with Crippen LogP contribution in [-0.2, 0) is 4.79 Å². The maximum Gasteiger partial charge on any atom is 0.258 e. The number of aromatic amines is 1. The maximum atomic E-state index is 13.8. The minimum atomic E-state index is -0.894. The van der Waals surface area contributed by atoms with Crippen molar-refractivity contribution in [2.24, 2.45) is 0 Å². The van der Waals surface area contributed by atoms with Crippen molar-refractivity contribution in [1.29, 1.82) is 0 Å². The quantitative estimate of drug-likeness (QED) is 0.620. The molecule has 1 aromatic heterocycles. The van der Waals surface area contributed by atoms with E-state index in [1.165, 1.54) is 17.2 Å². The van der Waals surface area contributed by atoms with Crippen molar-refractivity contribution in [3.63, 3.8) is 0 Å². The van der Waals surface area contributed by atoms with Crippen molar-refractivity contribution in [1.82, 2.24) is 15.1 Å². The molecule has 0 unspecified atom stereocenters. The van der Waals surface area contributed by atoms with Gasteiger partial charge in [-0.2, -0.15) is 5.10 Å². The number of halogens is 2. The number of methoxy groups -OCH3 is 1. The zero-order valence-electron chi connectivity index (χ0n) is 16.4. The number of anilines is 1. The minimum absolute atomic E-state index is 0.208. The summed E-state index contributed by atoms with van der Waals surface area (Å²) < 4.78 is 32.6. The van der Waals surface area contributed by atoms with Gasteiger partial charge in [-0.1, -0.05) is 6.07 Å². The Morgan fingerprint density at radius 2 is 1.80 bits per heavy atom. The molecule has 0 aliphatic heterocycles. The summed E-state index contributed by atoms with van der Waals surface area (Å²) in [4.78, 5) is 26.6. The average molecular weight is 414 g/mol. The lowest BCUT2D eigenvalue weighted by molar-refractivity contribution is -0.116. The molecular formula is C21H20F2N4O3. The number of carbonyl (C=O) groups is 2. The SMILES string of the molecule is CCN(CC(=O)Nc1c(F)cccc1F)C(=O)c1cn[nH]c1-c1ccc(OC)cc1. The first-order chi connectivity index (χ1) is 14.4. The van der Waals surface area contributed by atoms with Crippen molar-refractivity contribution < 1.29 is 23.1 Å². The number of H-pyrrole nitrogens is 1. The van der Waals surface area contributed by atoms with Gasteiger partial charge < -0.3 is 15.0 Å². The molecule has 0 spiro atoms. The summed E-state index contributed by atoms with van der Waals surface area (Å²) in [6, 6.07) is 10.3. The van der Waals surface area contributed by atoms with E-state index in [-0.39, 0.29) is 18.7 Å². The first-order valence-corrected chi connectivity index (χ1v) is 9.15. The van der Waals surface area contributed by atoms with E-state index in [4.69, 9.17) is 4.74 Å². The number of rotatable bonds is 7. The monoisotopic (exact) mass is 414 g/mol.